The van der Waals surface area contributed by atoms with E-state index in [1.54, 1.807) is 37.7 Å². The average molecular weight is 473 g/mol. The number of imidazole rings is 1. The van der Waals surface area contributed by atoms with Crippen LogP contribution in [-0.4, -0.2) is 26.0 Å². The molecule has 0 amide bonds. The second-order valence-electron chi connectivity index (χ2n) is 8.61. The summed E-state index contributed by atoms with van der Waals surface area (Å²) >= 11 is 0. The normalized spacial score (nSPS) is 15.3. The van der Waals surface area contributed by atoms with E-state index in [0.717, 1.165) is 28.9 Å². The molecule has 4 aromatic rings. The number of nitrogens with zero attached hydrogens (tertiary/aromatic N) is 4. The number of ether oxygens (including phenoxy) is 1. The van der Waals surface area contributed by atoms with Crippen LogP contribution in [0.15, 0.2) is 70.6 Å². The molecule has 5 rings (SSSR count). The summed E-state index contributed by atoms with van der Waals surface area (Å²) in [6, 6.07) is 12.8. The standard InChI is InChI=1S/C27H25FN4O3/c1-18-16-30(17-29-18)24-12-6-19(14-25(24)35-2)5-7-21-15-26(33)31-13-3-4-23(32(31)27(21)34)20-8-10-22(28)11-9-20/h5-12,14-17,23H,3-4,13H2,1-2H3/b7-5-. The van der Waals surface area contributed by atoms with Crippen molar-refractivity contribution in [2.75, 3.05) is 7.11 Å². The van der Waals surface area contributed by atoms with Crippen LogP contribution in [0.3, 0.4) is 0 Å². The fraction of sp³-hybridized carbons (Fsp3) is 0.222. The van der Waals surface area contributed by atoms with Crippen molar-refractivity contribution in [1.29, 1.82) is 0 Å². The van der Waals surface area contributed by atoms with Crippen LogP contribution in [0.5, 0.6) is 5.75 Å². The van der Waals surface area contributed by atoms with Crippen LogP contribution in [0.25, 0.3) is 17.8 Å². The average Bonchev–Trinajstić information content (AvgIpc) is 3.31. The van der Waals surface area contributed by atoms with E-state index in [1.165, 1.54) is 27.6 Å². The molecule has 0 N–H and O–H groups in total. The van der Waals surface area contributed by atoms with E-state index in [1.807, 2.05) is 35.9 Å². The van der Waals surface area contributed by atoms with Gasteiger partial charge in [0.15, 0.2) is 0 Å². The molecular formula is C27H25FN4O3. The number of rotatable bonds is 5. The van der Waals surface area contributed by atoms with Crippen molar-refractivity contribution in [1.82, 2.24) is 18.9 Å². The minimum atomic E-state index is -0.337. The second-order valence-corrected chi connectivity index (χ2v) is 8.61. The Morgan fingerprint density at radius 2 is 1.89 bits per heavy atom. The highest BCUT2D eigenvalue weighted by atomic mass is 19.1. The molecule has 0 radical (unpaired) electrons. The van der Waals surface area contributed by atoms with Gasteiger partial charge in [-0.15, -0.1) is 0 Å². The predicted molar refractivity (Wildman–Crippen MR) is 133 cm³/mol. The van der Waals surface area contributed by atoms with Crippen LogP contribution in [-0.2, 0) is 6.54 Å². The van der Waals surface area contributed by atoms with Crippen LogP contribution in [0.2, 0.25) is 0 Å². The first kappa shape index (κ1) is 22.6. The molecule has 1 unspecified atom stereocenters. The van der Waals surface area contributed by atoms with Crippen LogP contribution in [0.1, 0.15) is 41.3 Å². The van der Waals surface area contributed by atoms with Crippen LogP contribution in [0, 0.1) is 12.7 Å². The first-order chi connectivity index (χ1) is 16.9. The van der Waals surface area contributed by atoms with Crippen LogP contribution >= 0.6 is 0 Å². The van der Waals surface area contributed by atoms with Crippen molar-refractivity contribution in [3.8, 4) is 11.4 Å². The fourth-order valence-electron chi connectivity index (χ4n) is 4.56. The third-order valence-electron chi connectivity index (χ3n) is 6.29. The van der Waals surface area contributed by atoms with Gasteiger partial charge in [-0.2, -0.15) is 0 Å². The van der Waals surface area contributed by atoms with Crippen molar-refractivity contribution in [3.05, 3.63) is 110 Å². The minimum Gasteiger partial charge on any atom is -0.495 e. The highest BCUT2D eigenvalue weighted by Gasteiger charge is 2.24. The van der Waals surface area contributed by atoms with Gasteiger partial charge in [0.05, 0.1) is 30.9 Å². The number of benzene rings is 2. The van der Waals surface area contributed by atoms with Crippen LogP contribution in [0.4, 0.5) is 4.39 Å². The molecule has 1 atom stereocenters. The molecule has 0 aliphatic carbocycles. The molecule has 1 aliphatic heterocycles. The minimum absolute atomic E-state index is 0.237. The summed E-state index contributed by atoms with van der Waals surface area (Å²) in [6.45, 7) is 2.39. The molecule has 2 aromatic heterocycles. The Morgan fingerprint density at radius 1 is 1.09 bits per heavy atom. The summed E-state index contributed by atoms with van der Waals surface area (Å²) in [5, 5.41) is 0. The van der Waals surface area contributed by atoms with E-state index < -0.39 is 0 Å². The highest BCUT2D eigenvalue weighted by molar-refractivity contribution is 5.71. The van der Waals surface area contributed by atoms with Gasteiger partial charge < -0.3 is 9.30 Å². The Bertz CT molecular complexity index is 1530. The Morgan fingerprint density at radius 3 is 2.60 bits per heavy atom. The zero-order chi connectivity index (χ0) is 24.5. The highest BCUT2D eigenvalue weighted by Crippen LogP contribution is 2.27. The summed E-state index contributed by atoms with van der Waals surface area (Å²) < 4.78 is 23.9. The van der Waals surface area contributed by atoms with E-state index in [4.69, 9.17) is 4.74 Å². The van der Waals surface area contributed by atoms with E-state index in [-0.39, 0.29) is 23.0 Å². The molecule has 178 valence electrons. The van der Waals surface area contributed by atoms with Gasteiger partial charge in [-0.25, -0.2) is 18.7 Å². The van der Waals surface area contributed by atoms with Crippen molar-refractivity contribution >= 4 is 12.2 Å². The molecule has 8 heteroatoms. The number of hydrogen-bond acceptors (Lipinski definition) is 4. The summed E-state index contributed by atoms with van der Waals surface area (Å²) in [5.74, 6) is 0.318. The molecule has 0 spiro atoms. The van der Waals surface area contributed by atoms with Gasteiger partial charge in [-0.05, 0) is 61.2 Å². The lowest BCUT2D eigenvalue weighted by atomic mass is 10.00. The summed E-state index contributed by atoms with van der Waals surface area (Å²) in [4.78, 5) is 30.6. The molecular weight excluding hydrogens is 447 g/mol. The molecule has 3 heterocycles. The van der Waals surface area contributed by atoms with Gasteiger partial charge in [-0.1, -0.05) is 24.3 Å². The van der Waals surface area contributed by atoms with E-state index in [2.05, 4.69) is 4.98 Å². The zero-order valence-electron chi connectivity index (χ0n) is 19.5. The quantitative estimate of drug-likeness (QED) is 0.436. The number of aromatic nitrogens is 4. The molecule has 0 fully saturated rings. The lowest BCUT2D eigenvalue weighted by Crippen LogP contribution is -2.44. The van der Waals surface area contributed by atoms with Gasteiger partial charge in [0, 0.05) is 24.4 Å². The van der Waals surface area contributed by atoms with Gasteiger partial charge in [0.1, 0.15) is 11.6 Å². The number of fused-ring (bicyclic) bond motifs is 1. The summed E-state index contributed by atoms with van der Waals surface area (Å²) in [7, 11) is 1.60. The van der Waals surface area contributed by atoms with Gasteiger partial charge in [0.25, 0.3) is 11.1 Å². The third kappa shape index (κ3) is 4.35. The van der Waals surface area contributed by atoms with E-state index in [9.17, 15) is 14.0 Å². The molecule has 0 saturated heterocycles. The second kappa shape index (κ2) is 9.21. The molecule has 0 saturated carbocycles. The third-order valence-corrected chi connectivity index (χ3v) is 6.29. The maximum atomic E-state index is 13.4. The Balaban J connectivity index is 1.52. The smallest absolute Gasteiger partial charge is 0.273 e. The number of aryl methyl sites for hydroxylation is 1. The van der Waals surface area contributed by atoms with E-state index >= 15 is 0 Å². The SMILES string of the molecule is COc1cc(/C=C\c2cc(=O)n3n(c2=O)C(c2ccc(F)cc2)CCC3)ccc1-n1cnc(C)c1. The van der Waals surface area contributed by atoms with Crippen molar-refractivity contribution in [2.24, 2.45) is 0 Å². The number of hydrogen-bond donors (Lipinski definition) is 0. The Kier molecular flexibility index (Phi) is 5.94. The molecule has 0 bridgehead atoms. The van der Waals surface area contributed by atoms with Crippen LogP contribution < -0.4 is 15.9 Å². The molecule has 1 aliphatic rings. The largest absolute Gasteiger partial charge is 0.495 e. The first-order valence-corrected chi connectivity index (χ1v) is 11.4. The van der Waals surface area contributed by atoms with E-state index in [0.29, 0.717) is 24.3 Å². The lowest BCUT2D eigenvalue weighted by molar-refractivity contribution is 0.290. The topological polar surface area (TPSA) is 71.0 Å². The molecule has 7 nitrogen and oxygen atoms in total. The molecule has 2 aromatic carbocycles. The maximum absolute atomic E-state index is 13.4. The number of methoxy groups -OCH3 is 1. The lowest BCUT2D eigenvalue weighted by Gasteiger charge is -2.29. The number of halogens is 1. The van der Waals surface area contributed by atoms with Crippen molar-refractivity contribution in [3.63, 3.8) is 0 Å². The Hall–Kier alpha value is -4.20. The summed E-state index contributed by atoms with van der Waals surface area (Å²) in [6.07, 6.45) is 8.54. The van der Waals surface area contributed by atoms with Gasteiger partial charge >= 0.3 is 0 Å². The summed E-state index contributed by atoms with van der Waals surface area (Å²) in [5.41, 5.74) is 3.17. The van der Waals surface area contributed by atoms with Crippen molar-refractivity contribution in [2.45, 2.75) is 32.4 Å². The van der Waals surface area contributed by atoms with Gasteiger partial charge in [0.2, 0.25) is 0 Å². The molecule has 35 heavy (non-hydrogen) atoms. The monoisotopic (exact) mass is 472 g/mol. The predicted octanol–water partition coefficient (Wildman–Crippen LogP) is 4.21. The van der Waals surface area contributed by atoms with Crippen molar-refractivity contribution < 1.29 is 9.13 Å². The zero-order valence-corrected chi connectivity index (χ0v) is 19.5. The Labute approximate surface area is 201 Å². The maximum Gasteiger partial charge on any atom is 0.273 e. The van der Waals surface area contributed by atoms with Gasteiger partial charge in [-0.3, -0.25) is 9.59 Å². The fourth-order valence-corrected chi connectivity index (χ4v) is 4.56. The first-order valence-electron chi connectivity index (χ1n) is 11.4.